The average Bonchev–Trinajstić information content (AvgIpc) is 3.58. The summed E-state index contributed by atoms with van der Waals surface area (Å²) < 4.78 is 39.6. The minimum absolute atomic E-state index is 0.147. The van der Waals surface area contributed by atoms with E-state index in [4.69, 9.17) is 0 Å². The Morgan fingerprint density at radius 3 is 2.17 bits per heavy atom. The van der Waals surface area contributed by atoms with Gasteiger partial charge in [-0.05, 0) is 59.7 Å². The summed E-state index contributed by atoms with van der Waals surface area (Å²) in [7, 11) is 0. The van der Waals surface area contributed by atoms with Gasteiger partial charge in [-0.1, -0.05) is 91.4 Å². The van der Waals surface area contributed by atoms with Crippen molar-refractivity contribution in [3.05, 3.63) is 119 Å². The molecule has 0 aromatic heterocycles. The number of alkyl halides is 3. The molecule has 0 radical (unpaired) electrons. The Labute approximate surface area is 279 Å². The van der Waals surface area contributed by atoms with E-state index in [1.54, 1.807) is 0 Å². The highest BCUT2D eigenvalue weighted by Crippen LogP contribution is 2.51. The number of amides is 2. The van der Waals surface area contributed by atoms with Crippen LogP contribution >= 0.6 is 0 Å². The van der Waals surface area contributed by atoms with Crippen molar-refractivity contribution >= 4 is 11.8 Å². The molecule has 6 nitrogen and oxygen atoms in total. The fraction of sp³-hybridized carbons (Fsp3) is 0.385. The quantitative estimate of drug-likeness (QED) is 0.261. The number of halogens is 3. The second kappa shape index (κ2) is 13.3. The fourth-order valence-electron chi connectivity index (χ4n) is 8.17. The summed E-state index contributed by atoms with van der Waals surface area (Å²) in [6.07, 6.45) is 2.67. The molecule has 1 N–H and O–H groups in total. The molecule has 2 aliphatic heterocycles. The molecule has 2 heterocycles. The van der Waals surface area contributed by atoms with Crippen LogP contribution in [0.1, 0.15) is 42.4 Å². The Hall–Kier alpha value is -4.37. The molecule has 250 valence electrons. The third-order valence-electron chi connectivity index (χ3n) is 10.4. The maximum absolute atomic E-state index is 13.8. The van der Waals surface area contributed by atoms with E-state index in [-0.39, 0.29) is 11.8 Å². The van der Waals surface area contributed by atoms with Gasteiger partial charge >= 0.3 is 6.18 Å². The minimum atomic E-state index is -4.49. The number of unbranched alkanes of at least 4 members (excludes halogenated alkanes) is 1. The van der Waals surface area contributed by atoms with Gasteiger partial charge in [0.15, 0.2) is 0 Å². The lowest BCUT2D eigenvalue weighted by atomic mass is 9.73. The molecule has 2 saturated heterocycles. The summed E-state index contributed by atoms with van der Waals surface area (Å²) in [6, 6.07) is 25.3. The largest absolute Gasteiger partial charge is 0.405 e. The number of likely N-dealkylation sites (tertiary alicyclic amines) is 1. The zero-order valence-corrected chi connectivity index (χ0v) is 27.0. The van der Waals surface area contributed by atoms with Crippen LogP contribution < -0.4 is 5.32 Å². The number of carbonyl (C=O) groups is 2. The van der Waals surface area contributed by atoms with Crippen molar-refractivity contribution in [2.24, 2.45) is 5.92 Å². The van der Waals surface area contributed by atoms with Crippen molar-refractivity contribution in [1.82, 2.24) is 20.0 Å². The highest BCUT2D eigenvalue weighted by Gasteiger charge is 2.49. The first-order valence-electron chi connectivity index (χ1n) is 17.0. The number of nitrogens with zero attached hydrogens (tertiary/aromatic N) is 3. The lowest BCUT2D eigenvalue weighted by Crippen LogP contribution is -2.47. The normalized spacial score (nSPS) is 20.1. The molecule has 2 fully saturated rings. The van der Waals surface area contributed by atoms with E-state index in [1.165, 1.54) is 0 Å². The van der Waals surface area contributed by atoms with Gasteiger partial charge in [-0.3, -0.25) is 14.5 Å². The number of carbonyl (C=O) groups excluding carboxylic acids is 2. The molecular formula is C39H41F3N4O2. The maximum Gasteiger partial charge on any atom is 0.405 e. The van der Waals surface area contributed by atoms with E-state index < -0.39 is 24.0 Å². The van der Waals surface area contributed by atoms with Gasteiger partial charge in [0.25, 0.3) is 5.91 Å². The number of hydrogen-bond acceptors (Lipinski definition) is 4. The molecule has 1 unspecified atom stereocenters. The standard InChI is InChI=1S/C39H41F3N4O2/c40-39(41,42)27-43-37(48)38(32-16-6-4-14-30(32)31-15-5-7-17-33(31)38)19-8-9-20-44-21-23-45(24-22-44)34-18-10-13-29-26-46(36(47)35(29)34)25-28-11-2-1-3-12-28/h1-7,10-12,14-18,29H,8-9,13,19-27H2,(H,43,48). The van der Waals surface area contributed by atoms with E-state index in [0.29, 0.717) is 19.4 Å². The molecule has 7 rings (SSSR count). The Kier molecular flexibility index (Phi) is 8.90. The van der Waals surface area contributed by atoms with E-state index >= 15 is 0 Å². The van der Waals surface area contributed by atoms with Gasteiger partial charge in [-0.15, -0.1) is 0 Å². The van der Waals surface area contributed by atoms with Gasteiger partial charge in [0.05, 0.1) is 0 Å². The minimum Gasteiger partial charge on any atom is -0.369 e. The van der Waals surface area contributed by atoms with Crippen LogP contribution in [0.5, 0.6) is 0 Å². The van der Waals surface area contributed by atoms with Gasteiger partial charge in [0.1, 0.15) is 12.0 Å². The molecule has 2 aliphatic carbocycles. The van der Waals surface area contributed by atoms with Crippen LogP contribution in [-0.4, -0.2) is 78.5 Å². The van der Waals surface area contributed by atoms with Gasteiger partial charge in [-0.25, -0.2) is 0 Å². The van der Waals surface area contributed by atoms with Gasteiger partial charge in [0, 0.05) is 56.5 Å². The molecule has 0 spiro atoms. The first-order valence-corrected chi connectivity index (χ1v) is 17.0. The molecule has 2 amide bonds. The van der Waals surface area contributed by atoms with Crippen molar-refractivity contribution in [2.45, 2.75) is 43.8 Å². The second-order valence-corrected chi connectivity index (χ2v) is 13.4. The van der Waals surface area contributed by atoms with Gasteiger partial charge in [0.2, 0.25) is 5.91 Å². The lowest BCUT2D eigenvalue weighted by Gasteiger charge is -2.38. The zero-order chi connectivity index (χ0) is 33.3. The molecule has 1 atom stereocenters. The van der Waals surface area contributed by atoms with Crippen molar-refractivity contribution in [3.8, 4) is 11.1 Å². The van der Waals surface area contributed by atoms with E-state index in [1.807, 2.05) is 71.6 Å². The average molecular weight is 655 g/mol. The number of hydrogen-bond donors (Lipinski definition) is 1. The number of benzene rings is 3. The fourth-order valence-corrected chi connectivity index (χ4v) is 8.17. The second-order valence-electron chi connectivity index (χ2n) is 13.4. The van der Waals surface area contributed by atoms with Gasteiger partial charge < -0.3 is 15.1 Å². The summed E-state index contributed by atoms with van der Waals surface area (Å²) in [5.41, 5.74) is 5.35. The van der Waals surface area contributed by atoms with Crippen molar-refractivity contribution in [1.29, 1.82) is 0 Å². The first-order chi connectivity index (χ1) is 23.2. The van der Waals surface area contributed by atoms with Crippen molar-refractivity contribution < 1.29 is 22.8 Å². The topological polar surface area (TPSA) is 55.9 Å². The van der Waals surface area contributed by atoms with Crippen LogP contribution in [0.15, 0.2) is 102 Å². The number of fused-ring (bicyclic) bond motifs is 4. The summed E-state index contributed by atoms with van der Waals surface area (Å²) in [6.45, 7) is 4.24. The Balaban J connectivity index is 0.988. The smallest absolute Gasteiger partial charge is 0.369 e. The van der Waals surface area contributed by atoms with Crippen LogP contribution in [0.4, 0.5) is 13.2 Å². The molecule has 3 aromatic rings. The maximum atomic E-state index is 13.8. The van der Waals surface area contributed by atoms with Crippen LogP contribution in [0.25, 0.3) is 11.1 Å². The number of rotatable bonds is 10. The van der Waals surface area contributed by atoms with Gasteiger partial charge in [-0.2, -0.15) is 13.2 Å². The monoisotopic (exact) mass is 654 g/mol. The molecule has 0 saturated carbocycles. The van der Waals surface area contributed by atoms with Crippen LogP contribution in [0.2, 0.25) is 0 Å². The molecule has 3 aromatic carbocycles. The first kappa shape index (κ1) is 32.2. The highest BCUT2D eigenvalue weighted by molar-refractivity contribution is 6.00. The Morgan fingerprint density at radius 2 is 1.50 bits per heavy atom. The highest BCUT2D eigenvalue weighted by atomic mass is 19.4. The van der Waals surface area contributed by atoms with Crippen LogP contribution in [0, 0.1) is 5.92 Å². The molecule has 48 heavy (non-hydrogen) atoms. The summed E-state index contributed by atoms with van der Waals surface area (Å²) in [5.74, 6) is -0.220. The summed E-state index contributed by atoms with van der Waals surface area (Å²) >= 11 is 0. The zero-order valence-electron chi connectivity index (χ0n) is 27.0. The van der Waals surface area contributed by atoms with Crippen molar-refractivity contribution in [3.63, 3.8) is 0 Å². The van der Waals surface area contributed by atoms with E-state index in [2.05, 4.69) is 39.4 Å². The van der Waals surface area contributed by atoms with E-state index in [0.717, 1.165) is 91.2 Å². The number of nitrogens with one attached hydrogen (secondary N) is 1. The third-order valence-corrected chi connectivity index (χ3v) is 10.4. The van der Waals surface area contributed by atoms with E-state index in [9.17, 15) is 22.8 Å². The van der Waals surface area contributed by atoms with Crippen LogP contribution in [-0.2, 0) is 21.5 Å². The molecule has 4 aliphatic rings. The summed E-state index contributed by atoms with van der Waals surface area (Å²) in [4.78, 5) is 34.1. The predicted molar refractivity (Wildman–Crippen MR) is 180 cm³/mol. The summed E-state index contributed by atoms with van der Waals surface area (Å²) in [5, 5.41) is 2.23. The lowest BCUT2D eigenvalue weighted by molar-refractivity contribution is -0.141. The van der Waals surface area contributed by atoms with Crippen LogP contribution in [0.3, 0.4) is 0 Å². The third kappa shape index (κ3) is 6.16. The van der Waals surface area contributed by atoms with Crippen molar-refractivity contribution in [2.75, 3.05) is 45.8 Å². The Bertz CT molecular complexity index is 1680. The molecule has 9 heteroatoms. The predicted octanol–water partition coefficient (Wildman–Crippen LogP) is 6.29. The molecule has 0 bridgehead atoms. The Morgan fingerprint density at radius 1 is 0.854 bits per heavy atom. The SMILES string of the molecule is O=C1C2=C(N3CCN(CCCCC4(C(=O)NCC(F)(F)F)c5ccccc5-c5ccccc54)CC3)C=CCC2CN1Cc1ccccc1. The molecular weight excluding hydrogens is 613 g/mol. The number of piperazine rings is 1. The number of allylic oxidation sites excluding steroid dienone is 2.